The van der Waals surface area contributed by atoms with Crippen molar-refractivity contribution in [3.8, 4) is 11.5 Å². The van der Waals surface area contributed by atoms with Crippen molar-refractivity contribution in [1.82, 2.24) is 10.2 Å². The Labute approximate surface area is 156 Å². The van der Waals surface area contributed by atoms with Crippen LogP contribution in [0.5, 0.6) is 0 Å². The van der Waals surface area contributed by atoms with Crippen LogP contribution in [0.15, 0.2) is 52.1 Å². The lowest BCUT2D eigenvalue weighted by Gasteiger charge is -2.11. The van der Waals surface area contributed by atoms with Crippen LogP contribution in [0.1, 0.15) is 6.92 Å². The molecule has 0 radical (unpaired) electrons. The molecule has 5 nitrogen and oxygen atoms in total. The molecule has 0 aliphatic carbocycles. The maximum absolute atomic E-state index is 13.6. The van der Waals surface area contributed by atoms with Gasteiger partial charge >= 0.3 is 0 Å². The molecule has 0 fully saturated rings. The average Bonchev–Trinajstić information content (AvgIpc) is 3.07. The molecule has 134 valence electrons. The lowest BCUT2D eigenvalue weighted by atomic mass is 10.2. The summed E-state index contributed by atoms with van der Waals surface area (Å²) in [5.41, 5.74) is 0.191. The van der Waals surface area contributed by atoms with Gasteiger partial charge in [0, 0.05) is 10.6 Å². The molecule has 26 heavy (non-hydrogen) atoms. The first-order chi connectivity index (χ1) is 12.4. The van der Waals surface area contributed by atoms with Crippen LogP contribution in [0.3, 0.4) is 0 Å². The lowest BCUT2D eigenvalue weighted by Crippen LogP contribution is -2.23. The molecule has 3 rings (SSSR count). The van der Waals surface area contributed by atoms with Crippen LogP contribution in [-0.2, 0) is 4.79 Å². The van der Waals surface area contributed by atoms with E-state index in [4.69, 9.17) is 16.0 Å². The molecule has 0 aliphatic heterocycles. The highest BCUT2D eigenvalue weighted by Crippen LogP contribution is 2.28. The zero-order valence-corrected chi connectivity index (χ0v) is 14.9. The molecule has 3 aromatic rings. The van der Waals surface area contributed by atoms with E-state index in [9.17, 15) is 13.6 Å². The first kappa shape index (κ1) is 18.3. The first-order valence-electron chi connectivity index (χ1n) is 7.45. The summed E-state index contributed by atoms with van der Waals surface area (Å²) >= 11 is 6.81. The van der Waals surface area contributed by atoms with Crippen LogP contribution < -0.4 is 5.32 Å². The number of carbonyl (C=O) groups is 1. The summed E-state index contributed by atoms with van der Waals surface area (Å²) in [4.78, 5) is 12.2. The van der Waals surface area contributed by atoms with Crippen LogP contribution in [-0.4, -0.2) is 21.4 Å². The van der Waals surface area contributed by atoms with Crippen molar-refractivity contribution < 1.29 is 18.0 Å². The zero-order valence-electron chi connectivity index (χ0n) is 13.4. The Morgan fingerprint density at radius 2 is 1.81 bits per heavy atom. The molecule has 0 spiro atoms. The summed E-state index contributed by atoms with van der Waals surface area (Å²) in [5.74, 6) is -2.01. The summed E-state index contributed by atoms with van der Waals surface area (Å²) in [7, 11) is 0. The minimum atomic E-state index is -0.849. The molecule has 1 N–H and O–H groups in total. The number of nitrogens with zero attached hydrogens (tertiary/aromatic N) is 2. The molecular weight excluding hydrogens is 384 g/mol. The quantitative estimate of drug-likeness (QED) is 0.629. The van der Waals surface area contributed by atoms with E-state index in [2.05, 4.69) is 15.5 Å². The van der Waals surface area contributed by atoms with E-state index >= 15 is 0 Å². The van der Waals surface area contributed by atoms with Crippen molar-refractivity contribution in [1.29, 1.82) is 0 Å². The van der Waals surface area contributed by atoms with Gasteiger partial charge in [0.25, 0.3) is 5.22 Å². The van der Waals surface area contributed by atoms with Gasteiger partial charge in [0.1, 0.15) is 17.3 Å². The lowest BCUT2D eigenvalue weighted by molar-refractivity contribution is -0.115. The van der Waals surface area contributed by atoms with Gasteiger partial charge < -0.3 is 9.73 Å². The standard InChI is InChI=1S/C17H12ClF2N3O2S/c1-9(15(24)21-14-12(19)3-2-4-13(14)20)26-17-23-22-16(25-17)10-5-7-11(18)8-6-10/h2-9H,1H3,(H,21,24). The topological polar surface area (TPSA) is 68.0 Å². The van der Waals surface area contributed by atoms with Gasteiger partial charge in [-0.25, -0.2) is 8.78 Å². The largest absolute Gasteiger partial charge is 0.411 e. The Balaban J connectivity index is 1.67. The van der Waals surface area contributed by atoms with Crippen LogP contribution in [0.4, 0.5) is 14.5 Å². The fraction of sp³-hybridized carbons (Fsp3) is 0.118. The number of para-hydroxylation sites is 1. The molecule has 1 aromatic heterocycles. The third-order valence-corrected chi connectivity index (χ3v) is 4.54. The number of nitrogens with one attached hydrogen (secondary N) is 1. The number of benzene rings is 2. The fourth-order valence-corrected chi connectivity index (χ4v) is 2.82. The maximum Gasteiger partial charge on any atom is 0.277 e. The van der Waals surface area contributed by atoms with Gasteiger partial charge in [-0.15, -0.1) is 10.2 Å². The molecule has 0 saturated carbocycles. The molecule has 9 heteroatoms. The predicted octanol–water partition coefficient (Wildman–Crippen LogP) is 4.79. The van der Waals surface area contributed by atoms with Gasteiger partial charge in [-0.2, -0.15) is 0 Å². The van der Waals surface area contributed by atoms with Crippen molar-refractivity contribution in [2.24, 2.45) is 0 Å². The summed E-state index contributed by atoms with van der Waals surface area (Å²) in [6.07, 6.45) is 0. The Morgan fingerprint density at radius 1 is 1.15 bits per heavy atom. The van der Waals surface area contributed by atoms with Crippen molar-refractivity contribution in [2.45, 2.75) is 17.4 Å². The van der Waals surface area contributed by atoms with Crippen LogP contribution in [0.2, 0.25) is 5.02 Å². The van der Waals surface area contributed by atoms with Gasteiger partial charge in [-0.1, -0.05) is 29.4 Å². The highest BCUT2D eigenvalue weighted by Gasteiger charge is 2.21. The second kappa shape index (κ2) is 7.84. The van der Waals surface area contributed by atoms with Gasteiger partial charge in [0.15, 0.2) is 0 Å². The molecule has 2 aromatic carbocycles. The fourth-order valence-electron chi connectivity index (χ4n) is 2.01. The molecule has 0 aliphatic rings. The number of rotatable bonds is 5. The second-order valence-corrected chi connectivity index (χ2v) is 6.95. The normalized spacial score (nSPS) is 12.0. The number of amides is 1. The Bertz CT molecular complexity index is 914. The van der Waals surface area contributed by atoms with Crippen molar-refractivity contribution in [2.75, 3.05) is 5.32 Å². The molecule has 1 heterocycles. The third kappa shape index (κ3) is 4.20. The van der Waals surface area contributed by atoms with Crippen LogP contribution in [0, 0.1) is 11.6 Å². The zero-order chi connectivity index (χ0) is 18.7. The van der Waals surface area contributed by atoms with Crippen molar-refractivity contribution >= 4 is 35.0 Å². The van der Waals surface area contributed by atoms with E-state index in [0.717, 1.165) is 23.9 Å². The Kier molecular flexibility index (Phi) is 5.53. The summed E-state index contributed by atoms with van der Waals surface area (Å²) in [6.45, 7) is 1.56. The van der Waals surface area contributed by atoms with Crippen LogP contribution >= 0.6 is 23.4 Å². The first-order valence-corrected chi connectivity index (χ1v) is 8.71. The molecule has 1 amide bonds. The summed E-state index contributed by atoms with van der Waals surface area (Å²) in [6, 6.07) is 10.2. The van der Waals surface area contributed by atoms with Crippen molar-refractivity contribution in [3.63, 3.8) is 0 Å². The molecular formula is C17H12ClF2N3O2S. The summed E-state index contributed by atoms with van der Waals surface area (Å²) < 4.78 is 32.7. The maximum atomic E-state index is 13.6. The minimum absolute atomic E-state index is 0.159. The number of hydrogen-bond donors (Lipinski definition) is 1. The third-order valence-electron chi connectivity index (χ3n) is 3.36. The number of thioether (sulfide) groups is 1. The van der Waals surface area contributed by atoms with E-state index in [1.165, 1.54) is 6.07 Å². The average molecular weight is 396 g/mol. The number of hydrogen-bond acceptors (Lipinski definition) is 5. The van der Waals surface area contributed by atoms with E-state index in [-0.39, 0.29) is 11.1 Å². The van der Waals surface area contributed by atoms with Crippen LogP contribution in [0.25, 0.3) is 11.5 Å². The van der Waals surface area contributed by atoms with Gasteiger partial charge in [0.05, 0.1) is 5.25 Å². The Hall–Kier alpha value is -2.45. The number of carbonyl (C=O) groups excluding carboxylic acids is 1. The highest BCUT2D eigenvalue weighted by molar-refractivity contribution is 8.00. The smallest absolute Gasteiger partial charge is 0.277 e. The van der Waals surface area contributed by atoms with E-state index in [1.807, 2.05) is 0 Å². The number of aromatic nitrogens is 2. The number of anilines is 1. The summed E-state index contributed by atoms with van der Waals surface area (Å²) in [5, 5.41) is 10.0. The van der Waals surface area contributed by atoms with Crippen molar-refractivity contribution in [3.05, 3.63) is 59.1 Å². The Morgan fingerprint density at radius 3 is 2.46 bits per heavy atom. The molecule has 1 unspecified atom stereocenters. The monoisotopic (exact) mass is 395 g/mol. The molecule has 0 bridgehead atoms. The molecule has 1 atom stereocenters. The predicted molar refractivity (Wildman–Crippen MR) is 95.1 cm³/mol. The highest BCUT2D eigenvalue weighted by atomic mass is 35.5. The molecule has 0 saturated heterocycles. The van der Waals surface area contributed by atoms with Gasteiger partial charge in [-0.05, 0) is 43.3 Å². The van der Waals surface area contributed by atoms with Gasteiger partial charge in [-0.3, -0.25) is 4.79 Å². The second-order valence-electron chi connectivity index (χ2n) is 5.23. The van der Waals surface area contributed by atoms with E-state index < -0.39 is 28.5 Å². The van der Waals surface area contributed by atoms with Gasteiger partial charge in [0.2, 0.25) is 11.8 Å². The minimum Gasteiger partial charge on any atom is -0.411 e. The van der Waals surface area contributed by atoms with E-state index in [1.54, 1.807) is 31.2 Å². The SMILES string of the molecule is CC(Sc1nnc(-c2ccc(Cl)cc2)o1)C(=O)Nc1c(F)cccc1F. The number of halogens is 3. The van der Waals surface area contributed by atoms with E-state index in [0.29, 0.717) is 10.6 Å².